The van der Waals surface area contributed by atoms with Gasteiger partial charge in [0.2, 0.25) is 0 Å². The Bertz CT molecular complexity index is 531. The van der Waals surface area contributed by atoms with Crippen molar-refractivity contribution in [2.45, 2.75) is 0 Å². The molecule has 0 saturated heterocycles. The second kappa shape index (κ2) is 4.74. The Labute approximate surface area is 97.1 Å². The van der Waals surface area contributed by atoms with E-state index in [1.54, 1.807) is 0 Å². The van der Waals surface area contributed by atoms with Crippen molar-refractivity contribution in [3.05, 3.63) is 31.0 Å². The van der Waals surface area contributed by atoms with E-state index in [4.69, 9.17) is 19.6 Å². The van der Waals surface area contributed by atoms with E-state index in [1.807, 2.05) is 0 Å². The van der Waals surface area contributed by atoms with Crippen molar-refractivity contribution in [2.24, 2.45) is 0 Å². The molecule has 0 aliphatic heterocycles. The molecule has 0 aromatic heterocycles. The standard InChI is InChI=1S/C8H11NO6P2/c1-2-9-6-4-3-5-7(16(10,11)12)8(6)17(13,14)15/h2-5,9H,1H2,(H2,10,11,12)(H2,13,14,15). The molecule has 0 bridgehead atoms. The van der Waals surface area contributed by atoms with Crippen LogP contribution in [0, 0.1) is 0 Å². The Balaban J connectivity index is 3.63. The van der Waals surface area contributed by atoms with Crippen LogP contribution in [0.2, 0.25) is 0 Å². The fraction of sp³-hybridized carbons (Fsp3) is 0. The lowest BCUT2D eigenvalue weighted by Gasteiger charge is -2.16. The maximum absolute atomic E-state index is 11.3. The second-order valence-corrected chi connectivity index (χ2v) is 6.21. The summed E-state index contributed by atoms with van der Waals surface area (Å²) in [6, 6.07) is 3.54. The average molecular weight is 279 g/mol. The normalized spacial score (nSPS) is 12.2. The predicted octanol–water partition coefficient (Wildman–Crippen LogP) is -0.152. The number of hydrogen-bond acceptors (Lipinski definition) is 3. The Hall–Kier alpha value is -0.940. The van der Waals surface area contributed by atoms with Gasteiger partial charge in [-0.05, 0) is 18.3 Å². The van der Waals surface area contributed by atoms with Gasteiger partial charge in [0.1, 0.15) is 5.30 Å². The Morgan fingerprint density at radius 2 is 1.71 bits per heavy atom. The quantitative estimate of drug-likeness (QED) is 0.485. The first kappa shape index (κ1) is 14.1. The lowest BCUT2D eigenvalue weighted by Crippen LogP contribution is -2.27. The fourth-order valence-electron chi connectivity index (χ4n) is 1.30. The zero-order valence-electron chi connectivity index (χ0n) is 8.52. The van der Waals surface area contributed by atoms with Gasteiger partial charge < -0.3 is 24.9 Å². The number of benzene rings is 1. The number of nitrogens with one attached hydrogen (secondary N) is 1. The average Bonchev–Trinajstić information content (AvgIpc) is 2.14. The molecule has 17 heavy (non-hydrogen) atoms. The molecule has 0 fully saturated rings. The topological polar surface area (TPSA) is 127 Å². The van der Waals surface area contributed by atoms with Crippen LogP contribution in [0.1, 0.15) is 0 Å². The van der Waals surface area contributed by atoms with E-state index in [0.717, 1.165) is 12.3 Å². The smallest absolute Gasteiger partial charge is 0.359 e. The summed E-state index contributed by atoms with van der Waals surface area (Å²) in [6.07, 6.45) is 1.15. The van der Waals surface area contributed by atoms with Crippen molar-refractivity contribution in [3.8, 4) is 0 Å². The molecule has 0 spiro atoms. The van der Waals surface area contributed by atoms with Crippen molar-refractivity contribution in [1.82, 2.24) is 0 Å². The van der Waals surface area contributed by atoms with E-state index < -0.39 is 25.8 Å². The van der Waals surface area contributed by atoms with Crippen LogP contribution in [-0.2, 0) is 9.13 Å². The van der Waals surface area contributed by atoms with E-state index in [0.29, 0.717) is 0 Å². The van der Waals surface area contributed by atoms with E-state index >= 15 is 0 Å². The summed E-state index contributed by atoms with van der Waals surface area (Å²) >= 11 is 0. The SMILES string of the molecule is C=CNc1cccc(P(=O)(O)O)c1P(=O)(O)O. The minimum Gasteiger partial charge on any atom is -0.362 e. The summed E-state index contributed by atoms with van der Waals surface area (Å²) in [4.78, 5) is 36.3. The molecule has 0 radical (unpaired) electrons. The molecular weight excluding hydrogens is 268 g/mol. The second-order valence-electron chi connectivity index (χ2n) is 3.11. The Morgan fingerprint density at radius 1 is 1.12 bits per heavy atom. The van der Waals surface area contributed by atoms with Gasteiger partial charge >= 0.3 is 15.2 Å². The summed E-state index contributed by atoms with van der Waals surface area (Å²) in [7, 11) is -9.59. The molecule has 7 nitrogen and oxygen atoms in total. The lowest BCUT2D eigenvalue weighted by atomic mass is 10.3. The van der Waals surface area contributed by atoms with Crippen LogP contribution in [0.4, 0.5) is 5.69 Å². The van der Waals surface area contributed by atoms with Crippen LogP contribution in [-0.4, -0.2) is 19.6 Å². The van der Waals surface area contributed by atoms with Crippen molar-refractivity contribution in [2.75, 3.05) is 5.32 Å². The molecule has 1 aromatic carbocycles. The first-order valence-corrected chi connectivity index (χ1v) is 7.53. The summed E-state index contributed by atoms with van der Waals surface area (Å²) in [5.74, 6) is 0. The van der Waals surface area contributed by atoms with Gasteiger partial charge in [0.05, 0.1) is 11.0 Å². The Kier molecular flexibility index (Phi) is 3.94. The third kappa shape index (κ3) is 3.26. The van der Waals surface area contributed by atoms with Crippen LogP contribution in [0.25, 0.3) is 0 Å². The first-order valence-electron chi connectivity index (χ1n) is 4.30. The molecule has 0 saturated carbocycles. The molecule has 94 valence electrons. The first-order chi connectivity index (χ1) is 7.68. The maximum Gasteiger partial charge on any atom is 0.359 e. The molecule has 0 amide bonds. The van der Waals surface area contributed by atoms with Crippen LogP contribution in [0.3, 0.4) is 0 Å². The fourth-order valence-corrected chi connectivity index (χ4v) is 3.58. The molecule has 0 atom stereocenters. The van der Waals surface area contributed by atoms with Crippen molar-refractivity contribution < 1.29 is 28.7 Å². The number of rotatable bonds is 4. The van der Waals surface area contributed by atoms with Crippen molar-refractivity contribution in [3.63, 3.8) is 0 Å². The minimum atomic E-state index is -4.82. The highest BCUT2D eigenvalue weighted by atomic mass is 31.2. The summed E-state index contributed by atoms with van der Waals surface area (Å²) < 4.78 is 22.4. The summed E-state index contributed by atoms with van der Waals surface area (Å²) in [6.45, 7) is 3.31. The zero-order valence-corrected chi connectivity index (χ0v) is 10.3. The van der Waals surface area contributed by atoms with Gasteiger partial charge in [-0.1, -0.05) is 12.6 Å². The van der Waals surface area contributed by atoms with Gasteiger partial charge in [0.15, 0.2) is 0 Å². The third-order valence-electron chi connectivity index (χ3n) is 1.88. The minimum absolute atomic E-state index is 0.0887. The maximum atomic E-state index is 11.3. The molecule has 0 heterocycles. The highest BCUT2D eigenvalue weighted by Crippen LogP contribution is 2.42. The van der Waals surface area contributed by atoms with Crippen LogP contribution < -0.4 is 15.9 Å². The van der Waals surface area contributed by atoms with Gasteiger partial charge in [-0.15, -0.1) is 0 Å². The molecule has 1 rings (SSSR count). The number of anilines is 1. The molecule has 1 aromatic rings. The number of hydrogen-bond donors (Lipinski definition) is 5. The Morgan fingerprint density at radius 3 is 2.12 bits per heavy atom. The molecule has 0 unspecified atom stereocenters. The van der Waals surface area contributed by atoms with Gasteiger partial charge in [0.25, 0.3) is 0 Å². The van der Waals surface area contributed by atoms with Gasteiger partial charge in [-0.3, -0.25) is 9.13 Å². The molecule has 0 aliphatic rings. The van der Waals surface area contributed by atoms with Crippen molar-refractivity contribution >= 4 is 31.5 Å². The highest BCUT2D eigenvalue weighted by molar-refractivity contribution is 7.67. The largest absolute Gasteiger partial charge is 0.362 e. The molecule has 9 heteroatoms. The van der Waals surface area contributed by atoms with Gasteiger partial charge in [-0.25, -0.2) is 0 Å². The van der Waals surface area contributed by atoms with E-state index in [2.05, 4.69) is 11.9 Å². The third-order valence-corrected chi connectivity index (χ3v) is 4.12. The zero-order chi connectivity index (χ0) is 13.3. The molecule has 5 N–H and O–H groups in total. The predicted molar refractivity (Wildman–Crippen MR) is 63.6 cm³/mol. The molecular formula is C8H11NO6P2. The monoisotopic (exact) mass is 279 g/mol. The van der Waals surface area contributed by atoms with E-state index in [-0.39, 0.29) is 5.69 Å². The van der Waals surface area contributed by atoms with Crippen LogP contribution >= 0.6 is 15.2 Å². The van der Waals surface area contributed by atoms with Gasteiger partial charge in [0, 0.05) is 0 Å². The van der Waals surface area contributed by atoms with E-state index in [9.17, 15) is 9.13 Å². The van der Waals surface area contributed by atoms with E-state index in [1.165, 1.54) is 12.1 Å². The lowest BCUT2D eigenvalue weighted by molar-refractivity contribution is 0.381. The van der Waals surface area contributed by atoms with Gasteiger partial charge in [-0.2, -0.15) is 0 Å². The van der Waals surface area contributed by atoms with Crippen LogP contribution in [0.15, 0.2) is 31.0 Å². The molecule has 0 aliphatic carbocycles. The summed E-state index contributed by atoms with van der Waals surface area (Å²) in [5.41, 5.74) is -0.0887. The highest BCUT2D eigenvalue weighted by Gasteiger charge is 2.33. The summed E-state index contributed by atoms with van der Waals surface area (Å²) in [5, 5.41) is 1.01. The van der Waals surface area contributed by atoms with Crippen molar-refractivity contribution in [1.29, 1.82) is 0 Å². The van der Waals surface area contributed by atoms with Crippen LogP contribution in [0.5, 0.6) is 0 Å².